The van der Waals surface area contributed by atoms with E-state index in [9.17, 15) is 9.59 Å². The molecule has 0 aliphatic rings. The highest BCUT2D eigenvalue weighted by molar-refractivity contribution is 7.99. The van der Waals surface area contributed by atoms with Crippen LogP contribution in [-0.2, 0) is 11.3 Å². The van der Waals surface area contributed by atoms with Gasteiger partial charge in [-0.2, -0.15) is 0 Å². The number of methoxy groups -OCH3 is 1. The molecule has 4 aromatic rings. The standard InChI is InChI=1S/C22H21N5O3S/c1-15-7-9-16(10-8-15)13-23-19(28)14-31-22-25-24-20-21(29)26(11-12-27(20)22)17-5-3-4-6-18(17)30-2/h3-12H,13-14H2,1-2H3,(H,23,28). The molecule has 0 saturated carbocycles. The number of nitrogens with zero attached hydrogens (tertiary/aromatic N) is 4. The quantitative estimate of drug-likeness (QED) is 0.449. The minimum Gasteiger partial charge on any atom is -0.495 e. The molecule has 0 saturated heterocycles. The van der Waals surface area contributed by atoms with E-state index in [1.807, 2.05) is 43.3 Å². The van der Waals surface area contributed by atoms with Gasteiger partial charge in [-0.3, -0.25) is 18.6 Å². The third-order valence-corrected chi connectivity index (χ3v) is 5.67. The maximum atomic E-state index is 12.9. The van der Waals surface area contributed by atoms with E-state index in [-0.39, 0.29) is 22.9 Å². The van der Waals surface area contributed by atoms with Gasteiger partial charge in [-0.15, -0.1) is 10.2 Å². The van der Waals surface area contributed by atoms with Gasteiger partial charge < -0.3 is 10.1 Å². The van der Waals surface area contributed by atoms with Crippen LogP contribution in [0.25, 0.3) is 11.3 Å². The lowest BCUT2D eigenvalue weighted by molar-refractivity contribution is -0.118. The summed E-state index contributed by atoms with van der Waals surface area (Å²) in [6.45, 7) is 2.48. The Balaban J connectivity index is 1.47. The normalized spacial score (nSPS) is 10.9. The van der Waals surface area contributed by atoms with Crippen LogP contribution in [0.2, 0.25) is 0 Å². The number of benzene rings is 2. The zero-order valence-electron chi connectivity index (χ0n) is 17.1. The van der Waals surface area contributed by atoms with E-state index in [1.54, 1.807) is 36.0 Å². The lowest BCUT2D eigenvalue weighted by Gasteiger charge is -2.10. The molecule has 0 aliphatic heterocycles. The van der Waals surface area contributed by atoms with Crippen LogP contribution in [0.4, 0.5) is 0 Å². The summed E-state index contributed by atoms with van der Waals surface area (Å²) in [6.07, 6.45) is 3.34. The Morgan fingerprint density at radius 3 is 2.65 bits per heavy atom. The molecule has 2 heterocycles. The van der Waals surface area contributed by atoms with E-state index in [0.29, 0.717) is 23.1 Å². The smallest absolute Gasteiger partial charge is 0.300 e. The second-order valence-electron chi connectivity index (χ2n) is 6.87. The fraction of sp³-hybridized carbons (Fsp3) is 0.182. The predicted octanol–water partition coefficient (Wildman–Crippen LogP) is 2.61. The van der Waals surface area contributed by atoms with Gasteiger partial charge in [0.2, 0.25) is 11.6 Å². The van der Waals surface area contributed by atoms with E-state index >= 15 is 0 Å². The van der Waals surface area contributed by atoms with E-state index in [2.05, 4.69) is 15.5 Å². The second-order valence-corrected chi connectivity index (χ2v) is 7.81. The molecular formula is C22H21N5O3S. The number of hydrogen-bond donors (Lipinski definition) is 1. The lowest BCUT2D eigenvalue weighted by Crippen LogP contribution is -2.24. The number of amides is 1. The predicted molar refractivity (Wildman–Crippen MR) is 119 cm³/mol. The molecule has 0 radical (unpaired) electrons. The Kier molecular flexibility index (Phi) is 6.03. The Morgan fingerprint density at radius 2 is 1.87 bits per heavy atom. The lowest BCUT2D eigenvalue weighted by atomic mass is 10.1. The summed E-state index contributed by atoms with van der Waals surface area (Å²) in [6, 6.07) is 15.2. The third-order valence-electron chi connectivity index (χ3n) is 4.73. The molecule has 1 amide bonds. The van der Waals surface area contributed by atoms with Crippen molar-refractivity contribution in [3.63, 3.8) is 0 Å². The monoisotopic (exact) mass is 435 g/mol. The molecule has 31 heavy (non-hydrogen) atoms. The molecule has 0 unspecified atom stereocenters. The zero-order valence-corrected chi connectivity index (χ0v) is 17.9. The number of aromatic nitrogens is 4. The molecule has 2 aromatic carbocycles. The number of ether oxygens (including phenoxy) is 1. The first-order valence-electron chi connectivity index (χ1n) is 9.61. The molecule has 158 valence electrons. The highest BCUT2D eigenvalue weighted by atomic mass is 32.2. The maximum absolute atomic E-state index is 12.9. The van der Waals surface area contributed by atoms with E-state index in [0.717, 1.165) is 5.56 Å². The number of carbonyl (C=O) groups is 1. The largest absolute Gasteiger partial charge is 0.495 e. The molecule has 0 fully saturated rings. The van der Waals surface area contributed by atoms with Gasteiger partial charge in [0.25, 0.3) is 0 Å². The molecular weight excluding hydrogens is 414 g/mol. The van der Waals surface area contributed by atoms with Gasteiger partial charge in [-0.25, -0.2) is 0 Å². The Hall–Kier alpha value is -3.59. The molecule has 9 heteroatoms. The van der Waals surface area contributed by atoms with Crippen molar-refractivity contribution in [3.8, 4) is 11.4 Å². The zero-order chi connectivity index (χ0) is 21.8. The molecule has 0 aliphatic carbocycles. The van der Waals surface area contributed by atoms with Crippen LogP contribution in [0, 0.1) is 6.92 Å². The fourth-order valence-corrected chi connectivity index (χ4v) is 3.82. The van der Waals surface area contributed by atoms with Crippen molar-refractivity contribution in [2.24, 2.45) is 0 Å². The van der Waals surface area contributed by atoms with Crippen molar-refractivity contribution in [3.05, 3.63) is 82.4 Å². The SMILES string of the molecule is COc1ccccc1-n1ccn2c(SCC(=O)NCc3ccc(C)cc3)nnc2c1=O. The van der Waals surface area contributed by atoms with E-state index in [4.69, 9.17) is 4.74 Å². The summed E-state index contributed by atoms with van der Waals surface area (Å²) >= 11 is 1.22. The van der Waals surface area contributed by atoms with E-state index in [1.165, 1.54) is 21.9 Å². The number of nitrogens with one attached hydrogen (secondary N) is 1. The molecule has 2 aromatic heterocycles. The van der Waals surface area contributed by atoms with Crippen molar-refractivity contribution in [2.75, 3.05) is 12.9 Å². The summed E-state index contributed by atoms with van der Waals surface area (Å²) in [5, 5.41) is 11.5. The van der Waals surface area contributed by atoms with Gasteiger partial charge in [0.1, 0.15) is 5.75 Å². The highest BCUT2D eigenvalue weighted by Gasteiger charge is 2.15. The number of aryl methyl sites for hydroxylation is 1. The Bertz CT molecular complexity index is 1280. The van der Waals surface area contributed by atoms with Crippen LogP contribution in [0.3, 0.4) is 0 Å². The van der Waals surface area contributed by atoms with Gasteiger partial charge in [0.05, 0.1) is 18.6 Å². The van der Waals surface area contributed by atoms with Crippen LogP contribution in [0.15, 0.2) is 70.9 Å². The first kappa shape index (κ1) is 20.7. The van der Waals surface area contributed by atoms with Crippen molar-refractivity contribution in [1.82, 2.24) is 24.5 Å². The first-order valence-corrected chi connectivity index (χ1v) is 10.6. The van der Waals surface area contributed by atoms with Crippen molar-refractivity contribution >= 4 is 23.3 Å². The van der Waals surface area contributed by atoms with Crippen LogP contribution in [0.1, 0.15) is 11.1 Å². The van der Waals surface area contributed by atoms with Crippen molar-refractivity contribution in [2.45, 2.75) is 18.6 Å². The third kappa shape index (κ3) is 4.46. The number of para-hydroxylation sites is 2. The van der Waals surface area contributed by atoms with Crippen LogP contribution < -0.4 is 15.6 Å². The fourth-order valence-electron chi connectivity index (χ4n) is 3.07. The average molecular weight is 436 g/mol. The molecule has 0 atom stereocenters. The molecule has 8 nitrogen and oxygen atoms in total. The van der Waals surface area contributed by atoms with Crippen molar-refractivity contribution < 1.29 is 9.53 Å². The minimum absolute atomic E-state index is 0.121. The van der Waals surface area contributed by atoms with Crippen molar-refractivity contribution in [1.29, 1.82) is 0 Å². The van der Waals surface area contributed by atoms with Gasteiger partial charge in [-0.05, 0) is 24.6 Å². The number of hydrogen-bond acceptors (Lipinski definition) is 6. The molecule has 4 rings (SSSR count). The van der Waals surface area contributed by atoms with Gasteiger partial charge in [0, 0.05) is 18.9 Å². The molecule has 0 spiro atoms. The molecule has 0 bridgehead atoms. The van der Waals surface area contributed by atoms with Crippen LogP contribution in [0.5, 0.6) is 5.75 Å². The van der Waals surface area contributed by atoms with Gasteiger partial charge in [-0.1, -0.05) is 53.7 Å². The van der Waals surface area contributed by atoms with Crippen LogP contribution >= 0.6 is 11.8 Å². The average Bonchev–Trinajstić information content (AvgIpc) is 3.21. The summed E-state index contributed by atoms with van der Waals surface area (Å²) in [5.74, 6) is 0.625. The summed E-state index contributed by atoms with van der Waals surface area (Å²) in [7, 11) is 1.55. The topological polar surface area (TPSA) is 90.5 Å². The second kappa shape index (κ2) is 9.05. The summed E-state index contributed by atoms with van der Waals surface area (Å²) < 4.78 is 8.40. The first-order chi connectivity index (χ1) is 15.1. The number of thioether (sulfide) groups is 1. The Labute approximate surface area is 182 Å². The van der Waals surface area contributed by atoms with E-state index < -0.39 is 0 Å². The van der Waals surface area contributed by atoms with Crippen LogP contribution in [-0.4, -0.2) is 37.9 Å². The summed E-state index contributed by atoms with van der Waals surface area (Å²) in [5.41, 5.74) is 2.68. The minimum atomic E-state index is -0.324. The Morgan fingerprint density at radius 1 is 1.10 bits per heavy atom. The number of carbonyl (C=O) groups excluding carboxylic acids is 1. The van der Waals surface area contributed by atoms with Gasteiger partial charge in [0.15, 0.2) is 5.16 Å². The summed E-state index contributed by atoms with van der Waals surface area (Å²) in [4.78, 5) is 25.1. The maximum Gasteiger partial charge on any atom is 0.300 e. The highest BCUT2D eigenvalue weighted by Crippen LogP contribution is 2.21. The van der Waals surface area contributed by atoms with Gasteiger partial charge >= 0.3 is 5.56 Å². The number of fused-ring (bicyclic) bond motifs is 1. The molecule has 1 N–H and O–H groups in total. The number of rotatable bonds is 7.